The number of hydrogen-bond donors (Lipinski definition) is 3. The fourth-order valence-corrected chi connectivity index (χ4v) is 3.74. The highest BCUT2D eigenvalue weighted by molar-refractivity contribution is 7.16. The van der Waals surface area contributed by atoms with Crippen LogP contribution >= 0.6 is 11.3 Å². The summed E-state index contributed by atoms with van der Waals surface area (Å²) in [6, 6.07) is 8.25. The van der Waals surface area contributed by atoms with Crippen LogP contribution in [0.4, 0.5) is 17.2 Å². The number of pyridine rings is 1. The van der Waals surface area contributed by atoms with Gasteiger partial charge >= 0.3 is 0 Å². The zero-order chi connectivity index (χ0) is 17.8. The van der Waals surface area contributed by atoms with Crippen LogP contribution in [0, 0.1) is 0 Å². The van der Waals surface area contributed by atoms with Gasteiger partial charge in [0.25, 0.3) is 0 Å². The Morgan fingerprint density at radius 1 is 1.19 bits per heavy atom. The van der Waals surface area contributed by atoms with E-state index in [2.05, 4.69) is 56.3 Å². The minimum atomic E-state index is 0.861. The first-order valence-corrected chi connectivity index (χ1v) is 9.56. The first-order chi connectivity index (χ1) is 12.8. The van der Waals surface area contributed by atoms with Gasteiger partial charge in [0.15, 0.2) is 0 Å². The number of allylic oxidation sites excluding steroid dienone is 1. The van der Waals surface area contributed by atoms with Gasteiger partial charge in [0, 0.05) is 31.0 Å². The molecule has 0 unspecified atom stereocenters. The molecule has 3 aromatic rings. The number of hydrogen-bond acceptors (Lipinski definition) is 6. The molecule has 0 atom stereocenters. The van der Waals surface area contributed by atoms with Gasteiger partial charge in [0.2, 0.25) is 0 Å². The maximum Gasteiger partial charge on any atom is 0.135 e. The van der Waals surface area contributed by atoms with Crippen LogP contribution < -0.4 is 16.0 Å². The van der Waals surface area contributed by atoms with Gasteiger partial charge in [-0.25, -0.2) is 9.97 Å². The highest BCUT2D eigenvalue weighted by atomic mass is 32.1. The summed E-state index contributed by atoms with van der Waals surface area (Å²) in [7, 11) is 1.90. The lowest BCUT2D eigenvalue weighted by Gasteiger charge is -2.14. The Labute approximate surface area is 156 Å². The van der Waals surface area contributed by atoms with Crippen LogP contribution in [0.3, 0.4) is 0 Å². The van der Waals surface area contributed by atoms with E-state index in [9.17, 15) is 0 Å². The monoisotopic (exact) mass is 363 g/mol. The van der Waals surface area contributed by atoms with Crippen molar-refractivity contribution in [2.24, 2.45) is 0 Å². The normalized spacial score (nSPS) is 14.6. The summed E-state index contributed by atoms with van der Waals surface area (Å²) in [6.07, 6.45) is 9.44. The summed E-state index contributed by atoms with van der Waals surface area (Å²) in [4.78, 5) is 8.80. The van der Waals surface area contributed by atoms with Crippen molar-refractivity contribution in [1.29, 1.82) is 0 Å². The second-order valence-electron chi connectivity index (χ2n) is 6.10. The number of nitrogens with one attached hydrogen (secondary N) is 3. The van der Waals surface area contributed by atoms with Crippen molar-refractivity contribution in [1.82, 2.24) is 15.3 Å². The van der Waals surface area contributed by atoms with E-state index >= 15 is 0 Å². The Morgan fingerprint density at radius 3 is 3.00 bits per heavy atom. The van der Waals surface area contributed by atoms with Crippen LogP contribution in [0.25, 0.3) is 16.3 Å². The molecule has 0 saturated heterocycles. The molecule has 4 rings (SSSR count). The van der Waals surface area contributed by atoms with Gasteiger partial charge in [-0.15, -0.1) is 11.3 Å². The lowest BCUT2D eigenvalue weighted by molar-refractivity contribution is 0.713. The highest BCUT2D eigenvalue weighted by Gasteiger charge is 2.08. The average molecular weight is 363 g/mol. The minimum absolute atomic E-state index is 0.861. The summed E-state index contributed by atoms with van der Waals surface area (Å²) in [6.45, 7) is 1.97. The third-order valence-electron chi connectivity index (χ3n) is 4.40. The topological polar surface area (TPSA) is 61.9 Å². The highest BCUT2D eigenvalue weighted by Crippen LogP contribution is 2.29. The number of fused-ring (bicyclic) bond motifs is 1. The fraction of sp³-hybridized carbons (Fsp3) is 0.200. The first kappa shape index (κ1) is 16.8. The number of aromatic nitrogens is 2. The van der Waals surface area contributed by atoms with Gasteiger partial charge in [-0.05, 0) is 48.9 Å². The van der Waals surface area contributed by atoms with E-state index in [1.54, 1.807) is 11.3 Å². The number of nitrogens with zero attached hydrogens (tertiary/aromatic N) is 2. The lowest BCUT2D eigenvalue weighted by Crippen LogP contribution is -2.19. The summed E-state index contributed by atoms with van der Waals surface area (Å²) in [5, 5.41) is 10.1. The van der Waals surface area contributed by atoms with Crippen LogP contribution in [0.2, 0.25) is 0 Å². The standard InChI is InChI=1S/C20H21N5S/c1-21-20-16(4-2-14-6-9-22-10-7-14)17(8-11-23-20)25-15-3-5-18-19(12-15)26-13-24-18/h2-6,8,11-13,22H,7,9-10H2,1H3,(H2,21,23,25)/b4-2+. The predicted molar refractivity (Wildman–Crippen MR) is 111 cm³/mol. The van der Waals surface area contributed by atoms with Gasteiger partial charge in [-0.1, -0.05) is 12.2 Å². The predicted octanol–water partition coefficient (Wildman–Crippen LogP) is 4.41. The van der Waals surface area contributed by atoms with Crippen LogP contribution in [0.1, 0.15) is 12.0 Å². The Balaban J connectivity index is 1.66. The van der Waals surface area contributed by atoms with Gasteiger partial charge in [-0.3, -0.25) is 0 Å². The van der Waals surface area contributed by atoms with Crippen LogP contribution in [0.15, 0.2) is 53.7 Å². The van der Waals surface area contributed by atoms with E-state index in [4.69, 9.17) is 0 Å². The Hall–Kier alpha value is -2.70. The molecule has 132 valence electrons. The number of rotatable bonds is 5. The molecule has 0 saturated carbocycles. The maximum absolute atomic E-state index is 4.46. The van der Waals surface area contributed by atoms with Crippen molar-refractivity contribution in [3.05, 3.63) is 59.3 Å². The Morgan fingerprint density at radius 2 is 2.15 bits per heavy atom. The third-order valence-corrected chi connectivity index (χ3v) is 5.19. The largest absolute Gasteiger partial charge is 0.373 e. The van der Waals surface area contributed by atoms with E-state index in [1.807, 2.05) is 30.9 Å². The summed E-state index contributed by atoms with van der Waals surface area (Å²) < 4.78 is 1.18. The number of benzene rings is 1. The molecule has 1 aromatic carbocycles. The molecule has 2 aromatic heterocycles. The molecule has 0 spiro atoms. The zero-order valence-corrected chi connectivity index (χ0v) is 15.4. The van der Waals surface area contributed by atoms with Crippen molar-refractivity contribution in [2.75, 3.05) is 30.8 Å². The van der Waals surface area contributed by atoms with E-state index in [0.29, 0.717) is 0 Å². The molecule has 0 fully saturated rings. The summed E-state index contributed by atoms with van der Waals surface area (Å²) in [5.41, 5.74) is 7.39. The van der Waals surface area contributed by atoms with Crippen molar-refractivity contribution in [3.63, 3.8) is 0 Å². The lowest BCUT2D eigenvalue weighted by atomic mass is 10.1. The van der Waals surface area contributed by atoms with Crippen LogP contribution in [-0.2, 0) is 0 Å². The molecule has 5 nitrogen and oxygen atoms in total. The SMILES string of the molecule is CNc1nccc(Nc2ccc3ncsc3c2)c1/C=C/C1=CCNCC1. The minimum Gasteiger partial charge on any atom is -0.373 e. The molecular weight excluding hydrogens is 342 g/mol. The van der Waals surface area contributed by atoms with E-state index in [-0.39, 0.29) is 0 Å². The Bertz CT molecular complexity index is 973. The molecule has 0 radical (unpaired) electrons. The quantitative estimate of drug-likeness (QED) is 0.627. The van der Waals surface area contributed by atoms with Crippen LogP contribution in [-0.4, -0.2) is 30.1 Å². The molecule has 0 bridgehead atoms. The van der Waals surface area contributed by atoms with Crippen molar-refractivity contribution in [2.45, 2.75) is 6.42 Å². The van der Waals surface area contributed by atoms with Crippen molar-refractivity contribution in [3.8, 4) is 0 Å². The molecule has 1 aliphatic heterocycles. The second kappa shape index (κ2) is 7.68. The molecule has 0 amide bonds. The Kier molecular flexibility index (Phi) is 4.95. The third kappa shape index (κ3) is 3.61. The van der Waals surface area contributed by atoms with E-state index < -0.39 is 0 Å². The molecule has 26 heavy (non-hydrogen) atoms. The van der Waals surface area contributed by atoms with Crippen molar-refractivity contribution < 1.29 is 0 Å². The van der Waals surface area contributed by atoms with Gasteiger partial charge in [0.05, 0.1) is 21.4 Å². The summed E-state index contributed by atoms with van der Waals surface area (Å²) >= 11 is 1.65. The second-order valence-corrected chi connectivity index (χ2v) is 6.98. The molecule has 3 heterocycles. The number of thiazole rings is 1. The molecule has 1 aliphatic rings. The van der Waals surface area contributed by atoms with Gasteiger partial charge < -0.3 is 16.0 Å². The van der Waals surface area contributed by atoms with Gasteiger partial charge in [0.1, 0.15) is 5.82 Å². The smallest absolute Gasteiger partial charge is 0.135 e. The average Bonchev–Trinajstić information content (AvgIpc) is 3.15. The maximum atomic E-state index is 4.46. The molecular formula is C20H21N5S. The summed E-state index contributed by atoms with van der Waals surface area (Å²) in [5.74, 6) is 0.861. The molecule has 0 aliphatic carbocycles. The molecule has 3 N–H and O–H groups in total. The molecule has 6 heteroatoms. The zero-order valence-electron chi connectivity index (χ0n) is 14.6. The van der Waals surface area contributed by atoms with E-state index in [1.165, 1.54) is 10.3 Å². The van der Waals surface area contributed by atoms with Gasteiger partial charge in [-0.2, -0.15) is 0 Å². The van der Waals surface area contributed by atoms with Crippen LogP contribution in [0.5, 0.6) is 0 Å². The number of anilines is 3. The van der Waals surface area contributed by atoms with E-state index in [0.717, 1.165) is 47.8 Å². The first-order valence-electron chi connectivity index (χ1n) is 8.68. The van der Waals surface area contributed by atoms with Crippen molar-refractivity contribution >= 4 is 44.8 Å². The fourth-order valence-electron chi connectivity index (χ4n) is 3.02.